The van der Waals surface area contributed by atoms with Crippen LogP contribution in [0, 0.1) is 5.92 Å². The molecule has 3 aromatic rings. The zero-order chi connectivity index (χ0) is 22.7. The normalized spacial score (nSPS) is 15.9. The summed E-state index contributed by atoms with van der Waals surface area (Å²) in [5.41, 5.74) is 2.80. The number of para-hydroxylation sites is 3. The Morgan fingerprint density at radius 2 is 1.78 bits per heavy atom. The van der Waals surface area contributed by atoms with Gasteiger partial charge in [-0.3, -0.25) is 9.69 Å². The lowest BCUT2D eigenvalue weighted by atomic mass is 9.96. The summed E-state index contributed by atoms with van der Waals surface area (Å²) in [6, 6.07) is 14.5. The Labute approximate surface area is 185 Å². The SMILES string of the molecule is CCc1ccccc1NC(=O)CN1CCC(Cn2c(C(F)(F)F)nc3ccccc32)CC1. The van der Waals surface area contributed by atoms with E-state index >= 15 is 0 Å². The number of anilines is 1. The van der Waals surface area contributed by atoms with E-state index in [2.05, 4.69) is 15.2 Å². The number of alkyl halides is 3. The molecular formula is C24H27F3N4O. The molecule has 0 bridgehead atoms. The molecule has 0 atom stereocenters. The van der Waals surface area contributed by atoms with Crippen LogP contribution in [-0.4, -0.2) is 40.0 Å². The Kier molecular flexibility index (Phi) is 6.50. The summed E-state index contributed by atoms with van der Waals surface area (Å²) in [5.74, 6) is -0.798. The van der Waals surface area contributed by atoms with E-state index in [9.17, 15) is 18.0 Å². The van der Waals surface area contributed by atoms with Crippen molar-refractivity contribution in [2.75, 3.05) is 25.0 Å². The average molecular weight is 445 g/mol. The van der Waals surface area contributed by atoms with Gasteiger partial charge in [-0.05, 0) is 62.0 Å². The first-order valence-corrected chi connectivity index (χ1v) is 11.0. The van der Waals surface area contributed by atoms with Gasteiger partial charge in [-0.15, -0.1) is 0 Å². The summed E-state index contributed by atoms with van der Waals surface area (Å²) in [4.78, 5) is 18.4. The monoisotopic (exact) mass is 444 g/mol. The number of aryl methyl sites for hydroxylation is 1. The number of benzene rings is 2. The van der Waals surface area contributed by atoms with Crippen LogP contribution < -0.4 is 5.32 Å². The average Bonchev–Trinajstić information content (AvgIpc) is 3.14. The quantitative estimate of drug-likeness (QED) is 0.584. The van der Waals surface area contributed by atoms with Crippen molar-refractivity contribution in [2.45, 2.75) is 38.9 Å². The van der Waals surface area contributed by atoms with E-state index in [0.29, 0.717) is 24.1 Å². The van der Waals surface area contributed by atoms with Crippen LogP contribution in [0.5, 0.6) is 0 Å². The van der Waals surface area contributed by atoms with Gasteiger partial charge in [0.1, 0.15) is 0 Å². The first-order chi connectivity index (χ1) is 15.3. The number of nitrogens with one attached hydrogen (secondary N) is 1. The molecule has 0 radical (unpaired) electrons. The molecule has 8 heteroatoms. The predicted octanol–water partition coefficient (Wildman–Crippen LogP) is 4.97. The van der Waals surface area contributed by atoms with Crippen molar-refractivity contribution < 1.29 is 18.0 Å². The second-order valence-electron chi connectivity index (χ2n) is 8.31. The van der Waals surface area contributed by atoms with Crippen LogP contribution in [-0.2, 0) is 23.9 Å². The van der Waals surface area contributed by atoms with Crippen molar-refractivity contribution in [3.05, 3.63) is 59.9 Å². The molecule has 5 nitrogen and oxygen atoms in total. The number of likely N-dealkylation sites (tertiary alicyclic amines) is 1. The number of piperidine rings is 1. The fourth-order valence-corrected chi connectivity index (χ4v) is 4.41. The third kappa shape index (κ3) is 4.96. The van der Waals surface area contributed by atoms with E-state index in [1.54, 1.807) is 24.3 Å². The molecule has 0 spiro atoms. The van der Waals surface area contributed by atoms with Crippen LogP contribution in [0.3, 0.4) is 0 Å². The molecule has 0 aliphatic carbocycles. The molecule has 4 rings (SSSR count). The van der Waals surface area contributed by atoms with E-state index in [1.165, 1.54) is 4.57 Å². The van der Waals surface area contributed by atoms with E-state index < -0.39 is 12.0 Å². The summed E-state index contributed by atoms with van der Waals surface area (Å²) in [5, 5.41) is 2.98. The minimum atomic E-state index is -4.49. The number of halogens is 3. The number of fused-ring (bicyclic) bond motifs is 1. The summed E-state index contributed by atoms with van der Waals surface area (Å²) < 4.78 is 41.9. The molecule has 1 N–H and O–H groups in total. The van der Waals surface area contributed by atoms with Gasteiger partial charge in [0.25, 0.3) is 0 Å². The zero-order valence-corrected chi connectivity index (χ0v) is 18.0. The minimum absolute atomic E-state index is 0.0655. The second-order valence-corrected chi connectivity index (χ2v) is 8.31. The van der Waals surface area contributed by atoms with Crippen LogP contribution in [0.25, 0.3) is 11.0 Å². The van der Waals surface area contributed by atoms with Gasteiger partial charge >= 0.3 is 6.18 Å². The number of nitrogens with zero attached hydrogens (tertiary/aromatic N) is 3. The fourth-order valence-electron chi connectivity index (χ4n) is 4.41. The van der Waals surface area contributed by atoms with E-state index in [-0.39, 0.29) is 24.9 Å². The number of carbonyl (C=O) groups is 1. The lowest BCUT2D eigenvalue weighted by Crippen LogP contribution is -2.40. The zero-order valence-electron chi connectivity index (χ0n) is 18.0. The number of amides is 1. The molecule has 1 amide bonds. The van der Waals surface area contributed by atoms with Crippen molar-refractivity contribution in [1.29, 1.82) is 0 Å². The Bertz CT molecular complexity index is 1080. The Balaban J connectivity index is 1.36. The largest absolute Gasteiger partial charge is 0.449 e. The highest BCUT2D eigenvalue weighted by atomic mass is 19.4. The molecule has 1 aliphatic heterocycles. The molecule has 1 aliphatic rings. The van der Waals surface area contributed by atoms with Crippen molar-refractivity contribution >= 4 is 22.6 Å². The fraction of sp³-hybridized carbons (Fsp3) is 0.417. The van der Waals surface area contributed by atoms with Crippen LogP contribution in [0.4, 0.5) is 18.9 Å². The van der Waals surface area contributed by atoms with Gasteiger partial charge in [0.05, 0.1) is 17.6 Å². The van der Waals surface area contributed by atoms with Crippen LogP contribution in [0.1, 0.15) is 31.2 Å². The number of imidazole rings is 1. The van der Waals surface area contributed by atoms with Crippen LogP contribution in [0.2, 0.25) is 0 Å². The van der Waals surface area contributed by atoms with Crippen molar-refractivity contribution in [3.63, 3.8) is 0 Å². The molecule has 2 heterocycles. The summed E-state index contributed by atoms with van der Waals surface area (Å²) >= 11 is 0. The smallest absolute Gasteiger partial charge is 0.325 e. The number of aromatic nitrogens is 2. The standard InChI is InChI=1S/C24H27F3N4O/c1-2-18-7-3-4-8-19(18)28-22(32)16-30-13-11-17(12-14-30)15-31-21-10-6-5-9-20(21)29-23(31)24(25,26)27/h3-10,17H,2,11-16H2,1H3,(H,28,32). The molecule has 1 aromatic heterocycles. The van der Waals surface area contributed by atoms with Gasteiger partial charge < -0.3 is 9.88 Å². The third-order valence-electron chi connectivity index (χ3n) is 6.10. The van der Waals surface area contributed by atoms with Crippen molar-refractivity contribution in [1.82, 2.24) is 14.5 Å². The van der Waals surface area contributed by atoms with Crippen LogP contribution >= 0.6 is 0 Å². The number of rotatable bonds is 6. The van der Waals surface area contributed by atoms with Crippen molar-refractivity contribution in [2.24, 2.45) is 5.92 Å². The van der Waals surface area contributed by atoms with Gasteiger partial charge in [-0.25, -0.2) is 4.98 Å². The number of hydrogen-bond acceptors (Lipinski definition) is 3. The highest BCUT2D eigenvalue weighted by molar-refractivity contribution is 5.93. The minimum Gasteiger partial charge on any atom is -0.325 e. The van der Waals surface area contributed by atoms with Crippen LogP contribution in [0.15, 0.2) is 48.5 Å². The van der Waals surface area contributed by atoms with E-state index in [1.807, 2.05) is 31.2 Å². The Morgan fingerprint density at radius 3 is 2.50 bits per heavy atom. The Morgan fingerprint density at radius 1 is 1.09 bits per heavy atom. The molecule has 1 fully saturated rings. The van der Waals surface area contributed by atoms with Gasteiger partial charge in [0.2, 0.25) is 11.7 Å². The maximum atomic E-state index is 13.5. The lowest BCUT2D eigenvalue weighted by molar-refractivity contribution is -0.147. The number of carbonyl (C=O) groups excluding carboxylic acids is 1. The topological polar surface area (TPSA) is 50.2 Å². The second kappa shape index (κ2) is 9.32. The third-order valence-corrected chi connectivity index (χ3v) is 6.10. The summed E-state index contributed by atoms with van der Waals surface area (Å²) in [6.07, 6.45) is -2.18. The molecule has 2 aromatic carbocycles. The molecule has 0 unspecified atom stereocenters. The lowest BCUT2D eigenvalue weighted by Gasteiger charge is -2.32. The summed E-state index contributed by atoms with van der Waals surface area (Å²) in [6.45, 7) is 3.97. The Hall–Kier alpha value is -2.87. The molecule has 0 saturated carbocycles. The van der Waals surface area contributed by atoms with E-state index in [4.69, 9.17) is 0 Å². The van der Waals surface area contributed by atoms with E-state index in [0.717, 1.165) is 30.5 Å². The van der Waals surface area contributed by atoms with Gasteiger partial charge in [-0.2, -0.15) is 13.2 Å². The molecule has 170 valence electrons. The predicted molar refractivity (Wildman–Crippen MR) is 118 cm³/mol. The highest BCUT2D eigenvalue weighted by Gasteiger charge is 2.38. The molecule has 1 saturated heterocycles. The highest BCUT2D eigenvalue weighted by Crippen LogP contribution is 2.33. The maximum absolute atomic E-state index is 13.5. The molecular weight excluding hydrogens is 417 g/mol. The first-order valence-electron chi connectivity index (χ1n) is 11.0. The first kappa shape index (κ1) is 22.3. The van der Waals surface area contributed by atoms with Gasteiger partial charge in [0, 0.05) is 12.2 Å². The summed E-state index contributed by atoms with van der Waals surface area (Å²) in [7, 11) is 0. The molecule has 32 heavy (non-hydrogen) atoms. The van der Waals surface area contributed by atoms with Crippen molar-refractivity contribution in [3.8, 4) is 0 Å². The van der Waals surface area contributed by atoms with Gasteiger partial charge in [0.15, 0.2) is 0 Å². The number of hydrogen-bond donors (Lipinski definition) is 1. The maximum Gasteiger partial charge on any atom is 0.449 e. The van der Waals surface area contributed by atoms with Gasteiger partial charge in [-0.1, -0.05) is 37.3 Å².